The molecule has 2 N–H and O–H groups in total. The zero-order chi connectivity index (χ0) is 22.8. The number of nitrogens with zero attached hydrogens (tertiary/aromatic N) is 4. The molecule has 1 atom stereocenters. The van der Waals surface area contributed by atoms with E-state index in [2.05, 4.69) is 20.4 Å². The Labute approximate surface area is 177 Å². The van der Waals surface area contributed by atoms with E-state index in [0.717, 1.165) is 29.9 Å². The van der Waals surface area contributed by atoms with E-state index in [4.69, 9.17) is 21.4 Å². The van der Waals surface area contributed by atoms with Crippen LogP contribution in [0.25, 0.3) is 16.9 Å². The molecule has 0 unspecified atom stereocenters. The SMILES string of the molecule is C[C@@H](Nc1c(-c2c(F)cc(OCCCCO)cc2F)c(Cl)nc2ncnn12)C(F)(F)F. The van der Waals surface area contributed by atoms with Gasteiger partial charge in [-0.15, -0.1) is 0 Å². The van der Waals surface area contributed by atoms with Crippen molar-refractivity contribution in [1.82, 2.24) is 19.6 Å². The third-order valence-electron chi connectivity index (χ3n) is 4.31. The number of nitrogens with one attached hydrogen (secondary N) is 1. The Morgan fingerprint density at radius 2 is 1.87 bits per heavy atom. The van der Waals surface area contributed by atoms with E-state index in [0.29, 0.717) is 12.8 Å². The van der Waals surface area contributed by atoms with Gasteiger partial charge in [0.2, 0.25) is 0 Å². The van der Waals surface area contributed by atoms with Crippen LogP contribution in [0.5, 0.6) is 5.75 Å². The molecule has 0 aliphatic rings. The van der Waals surface area contributed by atoms with E-state index < -0.39 is 46.0 Å². The van der Waals surface area contributed by atoms with E-state index in [1.807, 2.05) is 0 Å². The van der Waals surface area contributed by atoms with Gasteiger partial charge in [0.05, 0.1) is 17.7 Å². The fourth-order valence-electron chi connectivity index (χ4n) is 2.73. The Kier molecular flexibility index (Phi) is 6.80. The maximum atomic E-state index is 14.9. The van der Waals surface area contributed by atoms with Crippen LogP contribution in [0.2, 0.25) is 5.15 Å². The van der Waals surface area contributed by atoms with Gasteiger partial charge in [0.1, 0.15) is 40.7 Å². The monoisotopic (exact) mass is 465 g/mol. The summed E-state index contributed by atoms with van der Waals surface area (Å²) in [5.74, 6) is -2.95. The summed E-state index contributed by atoms with van der Waals surface area (Å²) in [6.45, 7) is 0.895. The molecule has 0 saturated heterocycles. The van der Waals surface area contributed by atoms with Gasteiger partial charge < -0.3 is 15.2 Å². The van der Waals surface area contributed by atoms with Crippen molar-refractivity contribution < 1.29 is 31.8 Å². The number of aromatic nitrogens is 4. The highest BCUT2D eigenvalue weighted by Gasteiger charge is 2.37. The molecule has 13 heteroatoms. The lowest BCUT2D eigenvalue weighted by molar-refractivity contribution is -0.138. The molecule has 0 aliphatic carbocycles. The predicted molar refractivity (Wildman–Crippen MR) is 102 cm³/mol. The van der Waals surface area contributed by atoms with Gasteiger partial charge in [-0.2, -0.15) is 32.8 Å². The van der Waals surface area contributed by atoms with Gasteiger partial charge in [-0.1, -0.05) is 11.6 Å². The molecule has 2 heterocycles. The van der Waals surface area contributed by atoms with Crippen molar-refractivity contribution >= 4 is 23.2 Å². The normalized spacial score (nSPS) is 12.9. The first-order valence-corrected chi connectivity index (χ1v) is 9.46. The second-order valence-electron chi connectivity index (χ2n) is 6.55. The first kappa shape index (κ1) is 22.9. The van der Waals surface area contributed by atoms with Crippen molar-refractivity contribution in [1.29, 1.82) is 0 Å². The molecule has 0 amide bonds. The van der Waals surface area contributed by atoms with Crippen LogP contribution in [0, 0.1) is 11.6 Å². The number of aliphatic hydroxyl groups is 1. The van der Waals surface area contributed by atoms with E-state index in [1.165, 1.54) is 0 Å². The Balaban J connectivity index is 2.09. The van der Waals surface area contributed by atoms with Crippen molar-refractivity contribution in [2.75, 3.05) is 18.5 Å². The zero-order valence-corrected chi connectivity index (χ0v) is 16.8. The van der Waals surface area contributed by atoms with Crippen molar-refractivity contribution in [3.63, 3.8) is 0 Å². The van der Waals surface area contributed by atoms with E-state index in [1.54, 1.807) is 0 Å². The van der Waals surface area contributed by atoms with Gasteiger partial charge in [-0.05, 0) is 19.8 Å². The van der Waals surface area contributed by atoms with Gasteiger partial charge in [0.25, 0.3) is 5.78 Å². The molecule has 7 nitrogen and oxygen atoms in total. The maximum Gasteiger partial charge on any atom is 0.408 e. The van der Waals surface area contributed by atoms with Crippen LogP contribution >= 0.6 is 11.6 Å². The Hall–Kier alpha value is -2.73. The summed E-state index contributed by atoms with van der Waals surface area (Å²) in [6.07, 6.45) is -2.73. The average molecular weight is 466 g/mol. The van der Waals surface area contributed by atoms with Crippen LogP contribution in [0.3, 0.4) is 0 Å². The molecule has 3 aromatic rings. The summed E-state index contributed by atoms with van der Waals surface area (Å²) in [5.41, 5.74) is -1.15. The molecule has 3 rings (SSSR count). The summed E-state index contributed by atoms with van der Waals surface area (Å²) in [7, 11) is 0. The molecule has 0 spiro atoms. The number of ether oxygens (including phenoxy) is 1. The molecule has 1 aromatic carbocycles. The summed E-state index contributed by atoms with van der Waals surface area (Å²) >= 11 is 6.10. The number of benzene rings is 1. The van der Waals surface area contributed by atoms with Gasteiger partial charge in [0, 0.05) is 18.7 Å². The van der Waals surface area contributed by atoms with Crippen LogP contribution in [0.1, 0.15) is 19.8 Å². The van der Waals surface area contributed by atoms with Gasteiger partial charge in [0.15, 0.2) is 0 Å². The largest absolute Gasteiger partial charge is 0.493 e. The molecule has 2 aromatic heterocycles. The molecule has 0 aliphatic heterocycles. The molecule has 0 bridgehead atoms. The average Bonchev–Trinajstić information content (AvgIpc) is 3.14. The zero-order valence-electron chi connectivity index (χ0n) is 16.0. The van der Waals surface area contributed by atoms with Gasteiger partial charge >= 0.3 is 6.18 Å². The van der Waals surface area contributed by atoms with Gasteiger partial charge in [-0.3, -0.25) is 0 Å². The first-order valence-electron chi connectivity index (χ1n) is 9.09. The first-order chi connectivity index (χ1) is 14.6. The lowest BCUT2D eigenvalue weighted by Gasteiger charge is -2.21. The number of alkyl halides is 3. The molecule has 0 radical (unpaired) electrons. The third-order valence-corrected chi connectivity index (χ3v) is 4.59. The Morgan fingerprint density at radius 3 is 2.48 bits per heavy atom. The minimum absolute atomic E-state index is 0.0482. The molecule has 168 valence electrons. The maximum absolute atomic E-state index is 14.9. The standard InChI is InChI=1S/C18H17ClF5N5O2/c1-9(18(22,23)24)27-16-14(15(19)28-17-25-8-26-29(16)17)13-11(20)6-10(7-12(13)21)31-5-3-2-4-30/h6-9,27,30H,2-5H2,1H3/t9-/m1/s1. The fraction of sp³-hybridized carbons (Fsp3) is 0.389. The molecule has 31 heavy (non-hydrogen) atoms. The highest BCUT2D eigenvalue weighted by Crippen LogP contribution is 2.39. The number of anilines is 1. The van der Waals surface area contributed by atoms with Crippen LogP contribution in [0.4, 0.5) is 27.8 Å². The number of hydrogen-bond donors (Lipinski definition) is 2. The molecular formula is C18H17ClF5N5O2. The summed E-state index contributed by atoms with van der Waals surface area (Å²) in [4.78, 5) is 7.62. The lowest BCUT2D eigenvalue weighted by atomic mass is 10.1. The van der Waals surface area contributed by atoms with E-state index in [-0.39, 0.29) is 24.7 Å². The van der Waals surface area contributed by atoms with Crippen LogP contribution in [0.15, 0.2) is 18.5 Å². The quantitative estimate of drug-likeness (QED) is 0.294. The fourth-order valence-corrected chi connectivity index (χ4v) is 2.99. The molecular weight excluding hydrogens is 449 g/mol. The second-order valence-corrected chi connectivity index (χ2v) is 6.90. The minimum Gasteiger partial charge on any atom is -0.493 e. The highest BCUT2D eigenvalue weighted by atomic mass is 35.5. The van der Waals surface area contributed by atoms with Crippen molar-refractivity contribution in [3.8, 4) is 16.9 Å². The molecule has 0 saturated carbocycles. The lowest BCUT2D eigenvalue weighted by Crippen LogP contribution is -2.34. The number of halogens is 6. The number of fused-ring (bicyclic) bond motifs is 1. The second kappa shape index (κ2) is 9.18. The topological polar surface area (TPSA) is 84.6 Å². The van der Waals surface area contributed by atoms with Crippen LogP contribution in [-0.4, -0.2) is 50.1 Å². The van der Waals surface area contributed by atoms with Crippen molar-refractivity contribution in [2.24, 2.45) is 0 Å². The Bertz CT molecular complexity index is 1050. The van der Waals surface area contributed by atoms with Gasteiger partial charge in [-0.25, -0.2) is 8.78 Å². The van der Waals surface area contributed by atoms with Crippen LogP contribution < -0.4 is 10.1 Å². The summed E-state index contributed by atoms with van der Waals surface area (Å²) in [5, 5.41) is 14.2. The smallest absolute Gasteiger partial charge is 0.408 e. The summed E-state index contributed by atoms with van der Waals surface area (Å²) < 4.78 is 75.3. The summed E-state index contributed by atoms with van der Waals surface area (Å²) in [6, 6.07) is -0.329. The minimum atomic E-state index is -4.66. The van der Waals surface area contributed by atoms with Crippen molar-refractivity contribution in [3.05, 3.63) is 35.2 Å². The predicted octanol–water partition coefficient (Wildman–Crippen LogP) is 4.24. The number of unbranched alkanes of at least 4 members (excludes halogenated alkanes) is 1. The third kappa shape index (κ3) is 4.96. The van der Waals surface area contributed by atoms with E-state index in [9.17, 15) is 22.0 Å². The number of hydrogen-bond acceptors (Lipinski definition) is 6. The Morgan fingerprint density at radius 1 is 1.19 bits per heavy atom. The van der Waals surface area contributed by atoms with E-state index >= 15 is 0 Å². The number of aliphatic hydroxyl groups excluding tert-OH is 1. The number of rotatable bonds is 8. The van der Waals surface area contributed by atoms with Crippen molar-refractivity contribution in [2.45, 2.75) is 32.0 Å². The van der Waals surface area contributed by atoms with Crippen LogP contribution in [-0.2, 0) is 0 Å². The highest BCUT2D eigenvalue weighted by molar-refractivity contribution is 6.33. The molecule has 0 fully saturated rings.